The Hall–Kier alpha value is -3.01. The lowest BCUT2D eigenvalue weighted by molar-refractivity contribution is -0.162. The Morgan fingerprint density at radius 2 is 1.23 bits per heavy atom. The first-order chi connectivity index (χ1) is 24.2. The lowest BCUT2D eigenvalue weighted by Crippen LogP contribution is -2.48. The van der Waals surface area contributed by atoms with E-state index in [1.807, 2.05) is 0 Å². The van der Waals surface area contributed by atoms with Crippen molar-refractivity contribution >= 4 is 5.91 Å². The van der Waals surface area contributed by atoms with Gasteiger partial charge in [-0.1, -0.05) is 18.9 Å². The van der Waals surface area contributed by atoms with Gasteiger partial charge in [0.15, 0.2) is 0 Å². The molecule has 3 saturated heterocycles. The molecule has 0 N–H and O–H groups in total. The summed E-state index contributed by atoms with van der Waals surface area (Å²) in [6.07, 6.45) is -15.6. The first-order valence-electron chi connectivity index (χ1n) is 17.5. The molecule has 0 spiro atoms. The predicted molar refractivity (Wildman–Crippen MR) is 168 cm³/mol. The molecule has 5 rings (SSSR count). The van der Waals surface area contributed by atoms with Crippen LogP contribution in [-0.4, -0.2) is 72.5 Å². The molecule has 2 aromatic rings. The van der Waals surface area contributed by atoms with Crippen LogP contribution in [-0.2, 0) is 41.3 Å². The van der Waals surface area contributed by atoms with E-state index in [-0.39, 0.29) is 37.6 Å². The smallest absolute Gasteiger partial charge is 0.342 e. The number of alkyl halides is 12. The highest BCUT2D eigenvalue weighted by molar-refractivity contribution is 5.79. The highest BCUT2D eigenvalue weighted by atomic mass is 19.4. The van der Waals surface area contributed by atoms with Gasteiger partial charge < -0.3 is 14.7 Å². The number of halogens is 12. The van der Waals surface area contributed by atoms with Crippen molar-refractivity contribution in [2.45, 2.75) is 100 Å². The average molecular weight is 760 g/mol. The number of nitrogens with zero attached hydrogens (tertiary/aromatic N) is 3. The van der Waals surface area contributed by atoms with Crippen LogP contribution in [0.1, 0.15) is 91.2 Å². The normalized spacial score (nSPS) is 22.4. The Morgan fingerprint density at radius 1 is 0.654 bits per heavy atom. The first kappa shape index (κ1) is 40.2. The van der Waals surface area contributed by atoms with Crippen molar-refractivity contribution < 1.29 is 57.5 Å². The van der Waals surface area contributed by atoms with Crippen molar-refractivity contribution in [1.82, 2.24) is 14.7 Å². The second-order valence-corrected chi connectivity index (χ2v) is 14.3. The van der Waals surface area contributed by atoms with E-state index in [0.29, 0.717) is 62.8 Å². The van der Waals surface area contributed by atoms with Gasteiger partial charge in [0.25, 0.3) is 0 Å². The predicted octanol–water partition coefficient (Wildman–Crippen LogP) is 9.60. The van der Waals surface area contributed by atoms with E-state index >= 15 is 0 Å². The molecule has 0 bridgehead atoms. The molecular formula is C36H41F12N3O. The number of carbonyl (C=O) groups excluding carboxylic acids is 1. The molecule has 0 unspecified atom stereocenters. The second kappa shape index (κ2) is 15.4. The summed E-state index contributed by atoms with van der Waals surface area (Å²) in [6.45, 7) is 3.52. The van der Waals surface area contributed by atoms with Gasteiger partial charge >= 0.3 is 24.7 Å². The summed E-state index contributed by atoms with van der Waals surface area (Å²) in [5.41, 5.74) is -8.81. The van der Waals surface area contributed by atoms with Gasteiger partial charge in [0.05, 0.1) is 28.7 Å². The van der Waals surface area contributed by atoms with Crippen molar-refractivity contribution in [2.24, 2.45) is 0 Å². The molecular weight excluding hydrogens is 718 g/mol. The standard InChI is InChI=1S/C36H41F12N3O/c37-33(38,39)26-18-24(19-27(21-26)34(40,41)42)20-31(52)51-14-5-2-10-32(23-51,25-6-7-29(35(43,44)45)30(22-25)36(46,47)48)11-17-49-15-8-28(9-16-49)50-12-3-1-4-13-50/h6-7,18-19,21-22,28H,1-5,8-17,20,23H2/t32-/m1/s1. The Bertz CT molecular complexity index is 1500. The van der Waals surface area contributed by atoms with E-state index in [0.717, 1.165) is 44.8 Å². The highest BCUT2D eigenvalue weighted by Crippen LogP contribution is 2.45. The number of likely N-dealkylation sites (tertiary alicyclic amines) is 3. The maximum atomic E-state index is 14.1. The number of rotatable bonds is 7. The molecule has 4 nitrogen and oxygen atoms in total. The van der Waals surface area contributed by atoms with Gasteiger partial charge in [0, 0.05) is 24.5 Å². The van der Waals surface area contributed by atoms with Crippen LogP contribution < -0.4 is 0 Å². The topological polar surface area (TPSA) is 26.8 Å². The van der Waals surface area contributed by atoms with E-state index < -0.39 is 70.3 Å². The molecule has 0 radical (unpaired) electrons. The minimum absolute atomic E-state index is 0.0136. The highest BCUT2D eigenvalue weighted by Gasteiger charge is 2.46. The summed E-state index contributed by atoms with van der Waals surface area (Å²) in [6, 6.07) is 3.13. The fourth-order valence-corrected chi connectivity index (χ4v) is 8.01. The van der Waals surface area contributed by atoms with E-state index in [1.165, 1.54) is 11.3 Å². The van der Waals surface area contributed by atoms with Crippen molar-refractivity contribution in [3.8, 4) is 0 Å². The van der Waals surface area contributed by atoms with Crippen LogP contribution in [0.2, 0.25) is 0 Å². The van der Waals surface area contributed by atoms with Crippen LogP contribution in [0.5, 0.6) is 0 Å². The van der Waals surface area contributed by atoms with Gasteiger partial charge in [-0.05, 0) is 119 Å². The summed E-state index contributed by atoms with van der Waals surface area (Å²) in [7, 11) is 0. The van der Waals surface area contributed by atoms with Crippen molar-refractivity contribution in [2.75, 3.05) is 45.8 Å². The second-order valence-electron chi connectivity index (χ2n) is 14.3. The largest absolute Gasteiger partial charge is 0.417 e. The van der Waals surface area contributed by atoms with Crippen molar-refractivity contribution in [1.29, 1.82) is 0 Å². The van der Waals surface area contributed by atoms with Crippen LogP contribution >= 0.6 is 0 Å². The van der Waals surface area contributed by atoms with Gasteiger partial charge in [-0.25, -0.2) is 0 Å². The number of amides is 1. The minimum atomic E-state index is -5.36. The Kier molecular flexibility index (Phi) is 11.9. The zero-order valence-corrected chi connectivity index (χ0v) is 28.3. The van der Waals surface area contributed by atoms with E-state index in [2.05, 4.69) is 9.80 Å². The van der Waals surface area contributed by atoms with Gasteiger partial charge in [-0.2, -0.15) is 52.7 Å². The molecule has 0 aromatic heterocycles. The maximum Gasteiger partial charge on any atom is 0.417 e. The Morgan fingerprint density at radius 3 is 1.79 bits per heavy atom. The third-order valence-electron chi connectivity index (χ3n) is 10.8. The molecule has 52 heavy (non-hydrogen) atoms. The average Bonchev–Trinajstić information content (AvgIpc) is 3.30. The van der Waals surface area contributed by atoms with Gasteiger partial charge in [0.1, 0.15) is 0 Å². The number of piperidine rings is 2. The van der Waals surface area contributed by atoms with Crippen LogP contribution in [0.3, 0.4) is 0 Å². The monoisotopic (exact) mass is 759 g/mol. The number of carbonyl (C=O) groups is 1. The summed E-state index contributed by atoms with van der Waals surface area (Å²) < 4.78 is 165. The molecule has 16 heteroatoms. The Labute approximate surface area is 294 Å². The van der Waals surface area contributed by atoms with E-state index in [4.69, 9.17) is 0 Å². The zero-order valence-electron chi connectivity index (χ0n) is 28.3. The third-order valence-corrected chi connectivity index (χ3v) is 10.8. The minimum Gasteiger partial charge on any atom is -0.342 e. The van der Waals surface area contributed by atoms with Gasteiger partial charge in [0.2, 0.25) is 5.91 Å². The fraction of sp³-hybridized carbons (Fsp3) is 0.639. The molecule has 3 aliphatic rings. The first-order valence-corrected chi connectivity index (χ1v) is 17.5. The molecule has 290 valence electrons. The summed E-state index contributed by atoms with van der Waals surface area (Å²) >= 11 is 0. The third kappa shape index (κ3) is 9.74. The van der Waals surface area contributed by atoms with E-state index in [9.17, 15) is 57.5 Å². The molecule has 0 saturated carbocycles. The lowest BCUT2D eigenvalue weighted by Gasteiger charge is -2.42. The number of hydrogen-bond donors (Lipinski definition) is 0. The van der Waals surface area contributed by atoms with Gasteiger partial charge in [-0.3, -0.25) is 4.79 Å². The number of benzene rings is 2. The van der Waals surface area contributed by atoms with Crippen LogP contribution in [0.4, 0.5) is 52.7 Å². The molecule has 3 aliphatic heterocycles. The van der Waals surface area contributed by atoms with Crippen LogP contribution in [0.25, 0.3) is 0 Å². The van der Waals surface area contributed by atoms with E-state index in [1.54, 1.807) is 0 Å². The van der Waals surface area contributed by atoms with Crippen molar-refractivity contribution in [3.63, 3.8) is 0 Å². The van der Waals surface area contributed by atoms with Crippen LogP contribution in [0.15, 0.2) is 36.4 Å². The quantitative estimate of drug-likeness (QED) is 0.263. The molecule has 2 aromatic carbocycles. The SMILES string of the molecule is O=C(Cc1cc(C(F)(F)F)cc(C(F)(F)F)c1)N1CCCC[C@](CCN2CCC(N3CCCCC3)CC2)(c2ccc(C(F)(F)F)c(C(F)(F)F)c2)C1. The zero-order chi connectivity index (χ0) is 38.1. The van der Waals surface area contributed by atoms with Gasteiger partial charge in [-0.15, -0.1) is 0 Å². The van der Waals surface area contributed by atoms with Crippen LogP contribution in [0, 0.1) is 0 Å². The fourth-order valence-electron chi connectivity index (χ4n) is 8.01. The molecule has 1 amide bonds. The number of hydrogen-bond acceptors (Lipinski definition) is 3. The Balaban J connectivity index is 1.45. The summed E-state index contributed by atoms with van der Waals surface area (Å²) in [4.78, 5) is 19.5. The molecule has 0 aliphatic carbocycles. The summed E-state index contributed by atoms with van der Waals surface area (Å²) in [5, 5.41) is 0. The molecule has 3 heterocycles. The summed E-state index contributed by atoms with van der Waals surface area (Å²) in [5.74, 6) is -0.843. The molecule has 3 fully saturated rings. The molecule has 1 atom stereocenters. The van der Waals surface area contributed by atoms with Crippen molar-refractivity contribution in [3.05, 3.63) is 69.8 Å². The maximum absolute atomic E-state index is 14.1. The lowest BCUT2D eigenvalue weighted by atomic mass is 9.72.